The number of ether oxygens (including phenoxy) is 1. The van der Waals surface area contributed by atoms with Gasteiger partial charge in [-0.15, -0.1) is 0 Å². The highest BCUT2D eigenvalue weighted by molar-refractivity contribution is 6.31. The molecule has 0 atom stereocenters. The number of benzene rings is 2. The monoisotopic (exact) mass is 460 g/mol. The molecule has 4 aromatic rings. The molecule has 0 saturated carbocycles. The average Bonchev–Trinajstić information content (AvgIpc) is 3.15. The highest BCUT2D eigenvalue weighted by atomic mass is 35.5. The Labute approximate surface area is 185 Å². The number of aromatic nitrogens is 3. The topological polar surface area (TPSA) is 79.9 Å². The van der Waals surface area contributed by atoms with Crippen molar-refractivity contribution in [3.05, 3.63) is 71.0 Å². The minimum absolute atomic E-state index is 0.0916. The third-order valence-corrected chi connectivity index (χ3v) is 4.89. The van der Waals surface area contributed by atoms with Crippen LogP contribution in [0.4, 0.5) is 24.8 Å². The van der Waals surface area contributed by atoms with Crippen LogP contribution >= 0.6 is 11.6 Å². The van der Waals surface area contributed by atoms with Gasteiger partial charge in [0.05, 0.1) is 21.6 Å². The second kappa shape index (κ2) is 8.51. The Bertz CT molecular complexity index is 1300. The van der Waals surface area contributed by atoms with Gasteiger partial charge in [0.15, 0.2) is 5.78 Å². The number of Topliss-reactive ketones (excluding diaryl/α,β-unsaturated/α-hetero) is 1. The van der Waals surface area contributed by atoms with Crippen LogP contribution in [0.1, 0.15) is 29.4 Å². The molecule has 2 N–H and O–H groups in total. The maximum absolute atomic E-state index is 13.1. The van der Waals surface area contributed by atoms with Gasteiger partial charge in [-0.25, -0.2) is 4.98 Å². The van der Waals surface area contributed by atoms with Crippen LogP contribution in [-0.4, -0.2) is 20.7 Å². The van der Waals surface area contributed by atoms with E-state index in [1.165, 1.54) is 18.3 Å². The van der Waals surface area contributed by atoms with Gasteiger partial charge in [0.1, 0.15) is 17.2 Å². The maximum Gasteiger partial charge on any atom is 0.417 e. The first kappa shape index (κ1) is 21.6. The number of halogens is 4. The van der Waals surface area contributed by atoms with E-state index in [2.05, 4.69) is 20.3 Å². The molecule has 0 saturated heterocycles. The van der Waals surface area contributed by atoms with E-state index < -0.39 is 11.7 Å². The number of alkyl halides is 3. The number of nitrogens with one attached hydrogen (secondary N) is 2. The molecule has 0 aliphatic heterocycles. The van der Waals surface area contributed by atoms with Crippen LogP contribution in [0.15, 0.2) is 54.7 Å². The first-order valence-corrected chi connectivity index (χ1v) is 9.91. The Hall–Kier alpha value is -3.59. The van der Waals surface area contributed by atoms with Crippen LogP contribution in [0.5, 0.6) is 11.5 Å². The van der Waals surface area contributed by atoms with E-state index in [-0.39, 0.29) is 22.4 Å². The van der Waals surface area contributed by atoms with Gasteiger partial charge in [-0.05, 0) is 36.4 Å². The Morgan fingerprint density at radius 1 is 1.12 bits per heavy atom. The molecule has 2 aromatic carbocycles. The summed E-state index contributed by atoms with van der Waals surface area (Å²) in [6.07, 6.45) is -2.73. The summed E-state index contributed by atoms with van der Waals surface area (Å²) in [4.78, 5) is 23.2. The Balaban J connectivity index is 1.56. The normalized spacial score (nSPS) is 11.5. The molecule has 0 spiro atoms. The fourth-order valence-electron chi connectivity index (χ4n) is 3.01. The summed E-state index contributed by atoms with van der Waals surface area (Å²) in [6.45, 7) is 1.75. The molecule has 0 amide bonds. The molecule has 2 heterocycles. The van der Waals surface area contributed by atoms with Crippen molar-refractivity contribution in [1.82, 2.24) is 15.0 Å². The third kappa shape index (κ3) is 4.67. The molecule has 0 aliphatic rings. The number of H-pyrrole nitrogens is 1. The van der Waals surface area contributed by atoms with Crippen molar-refractivity contribution in [2.24, 2.45) is 0 Å². The molecule has 4 rings (SSSR count). The molecule has 0 aliphatic carbocycles. The lowest BCUT2D eigenvalue weighted by Gasteiger charge is -2.11. The second-order valence-corrected chi connectivity index (χ2v) is 7.24. The van der Waals surface area contributed by atoms with Crippen LogP contribution in [0.2, 0.25) is 5.02 Å². The van der Waals surface area contributed by atoms with Crippen molar-refractivity contribution in [1.29, 1.82) is 0 Å². The zero-order chi connectivity index (χ0) is 22.9. The molecular formula is C22H16ClF3N4O2. The largest absolute Gasteiger partial charge is 0.457 e. The van der Waals surface area contributed by atoms with Gasteiger partial charge in [-0.2, -0.15) is 13.2 Å². The SMILES string of the molecule is CCC(=O)c1cc(Oc2ccc3nc(Nc4ccc(Cl)c(C(F)(F)F)c4)[nH]c3c2)ccn1. The lowest BCUT2D eigenvalue weighted by Crippen LogP contribution is -2.06. The van der Waals surface area contributed by atoms with E-state index in [9.17, 15) is 18.0 Å². The molecule has 32 heavy (non-hydrogen) atoms. The number of imidazole rings is 1. The standard InChI is InChI=1S/C22H16ClF3N4O2/c1-2-20(31)19-11-14(7-8-27-19)32-13-4-6-17-18(10-13)30-21(29-17)28-12-3-5-16(23)15(9-12)22(24,25)26/h3-11H,2H2,1H3,(H2,28,29,30). The predicted molar refractivity (Wildman–Crippen MR) is 115 cm³/mol. The highest BCUT2D eigenvalue weighted by Gasteiger charge is 2.33. The van der Waals surface area contributed by atoms with Crippen molar-refractivity contribution in [2.75, 3.05) is 5.32 Å². The average molecular weight is 461 g/mol. The molecule has 6 nitrogen and oxygen atoms in total. The van der Waals surface area contributed by atoms with Gasteiger partial charge in [0, 0.05) is 30.4 Å². The van der Waals surface area contributed by atoms with Crippen molar-refractivity contribution in [3.63, 3.8) is 0 Å². The summed E-state index contributed by atoms with van der Waals surface area (Å²) in [7, 11) is 0. The summed E-state index contributed by atoms with van der Waals surface area (Å²) in [5.41, 5.74) is 0.757. The number of hydrogen-bond donors (Lipinski definition) is 2. The predicted octanol–water partition coefficient (Wildman–Crippen LogP) is 6.76. The van der Waals surface area contributed by atoms with Crippen molar-refractivity contribution >= 4 is 40.1 Å². The van der Waals surface area contributed by atoms with Gasteiger partial charge < -0.3 is 15.0 Å². The van der Waals surface area contributed by atoms with Crippen molar-refractivity contribution in [3.8, 4) is 11.5 Å². The summed E-state index contributed by atoms with van der Waals surface area (Å²) in [6, 6.07) is 11.8. The fourth-order valence-corrected chi connectivity index (χ4v) is 3.24. The molecular weight excluding hydrogens is 445 g/mol. The number of carbonyl (C=O) groups is 1. The fraction of sp³-hybridized carbons (Fsp3) is 0.136. The minimum atomic E-state index is -4.57. The number of fused-ring (bicyclic) bond motifs is 1. The first-order valence-electron chi connectivity index (χ1n) is 9.53. The number of aromatic amines is 1. The molecule has 164 valence electrons. The van der Waals surface area contributed by atoms with Gasteiger partial charge in [0.2, 0.25) is 5.95 Å². The molecule has 0 bridgehead atoms. The van der Waals surface area contributed by atoms with E-state index in [4.69, 9.17) is 16.3 Å². The molecule has 0 unspecified atom stereocenters. The molecule has 0 radical (unpaired) electrons. The maximum atomic E-state index is 13.1. The number of anilines is 2. The smallest absolute Gasteiger partial charge is 0.417 e. The van der Waals surface area contributed by atoms with E-state index in [1.807, 2.05) is 0 Å². The Morgan fingerprint density at radius 2 is 1.91 bits per heavy atom. The Kier molecular flexibility index (Phi) is 5.75. The van der Waals surface area contributed by atoms with Crippen LogP contribution in [0.3, 0.4) is 0 Å². The molecule has 10 heteroatoms. The van der Waals surface area contributed by atoms with Crippen molar-refractivity contribution in [2.45, 2.75) is 19.5 Å². The van der Waals surface area contributed by atoms with Crippen molar-refractivity contribution < 1.29 is 22.7 Å². The lowest BCUT2D eigenvalue weighted by molar-refractivity contribution is -0.137. The van der Waals surface area contributed by atoms with Crippen LogP contribution in [-0.2, 0) is 6.18 Å². The van der Waals surface area contributed by atoms with E-state index in [0.29, 0.717) is 34.6 Å². The molecule has 2 aromatic heterocycles. The van der Waals surface area contributed by atoms with E-state index >= 15 is 0 Å². The second-order valence-electron chi connectivity index (χ2n) is 6.84. The number of pyridine rings is 1. The quantitative estimate of drug-likeness (QED) is 0.311. The number of carbonyl (C=O) groups excluding carboxylic acids is 1. The van der Waals surface area contributed by atoms with Crippen LogP contribution in [0.25, 0.3) is 11.0 Å². The van der Waals surface area contributed by atoms with E-state index in [0.717, 1.165) is 6.07 Å². The zero-order valence-corrected chi connectivity index (χ0v) is 17.4. The van der Waals surface area contributed by atoms with E-state index in [1.54, 1.807) is 37.3 Å². The molecule has 0 fully saturated rings. The highest BCUT2D eigenvalue weighted by Crippen LogP contribution is 2.36. The van der Waals surface area contributed by atoms with Gasteiger partial charge >= 0.3 is 6.18 Å². The first-order chi connectivity index (χ1) is 15.2. The van der Waals surface area contributed by atoms with Gasteiger partial charge in [-0.3, -0.25) is 9.78 Å². The number of hydrogen-bond acceptors (Lipinski definition) is 5. The summed E-state index contributed by atoms with van der Waals surface area (Å²) >= 11 is 5.66. The third-order valence-electron chi connectivity index (χ3n) is 4.56. The summed E-state index contributed by atoms with van der Waals surface area (Å²) < 4.78 is 45.0. The van der Waals surface area contributed by atoms with Crippen LogP contribution < -0.4 is 10.1 Å². The van der Waals surface area contributed by atoms with Crippen LogP contribution in [0, 0.1) is 0 Å². The summed E-state index contributed by atoms with van der Waals surface area (Å²) in [5.74, 6) is 1.10. The van der Waals surface area contributed by atoms with Gasteiger partial charge in [0.25, 0.3) is 0 Å². The summed E-state index contributed by atoms with van der Waals surface area (Å²) in [5, 5.41) is 2.44. The Morgan fingerprint density at radius 3 is 2.66 bits per heavy atom. The number of ketones is 1. The number of rotatable bonds is 6. The zero-order valence-electron chi connectivity index (χ0n) is 16.6. The number of nitrogens with zero attached hydrogens (tertiary/aromatic N) is 2. The lowest BCUT2D eigenvalue weighted by atomic mass is 10.2. The minimum Gasteiger partial charge on any atom is -0.457 e. The van der Waals surface area contributed by atoms with Gasteiger partial charge in [-0.1, -0.05) is 18.5 Å².